The molecule has 1 amide bonds. The molecule has 1 saturated carbocycles. The Morgan fingerprint density at radius 1 is 1.28 bits per heavy atom. The minimum atomic E-state index is -0.0503. The number of aryl methyl sites for hydroxylation is 1. The molecule has 1 heterocycles. The van der Waals surface area contributed by atoms with Crippen molar-refractivity contribution in [1.82, 2.24) is 10.2 Å². The standard InChI is InChI=1S/C19H25ClN2OS.ClH/c1-13-7-8-14-15(11-13)24-17(16(14)20)18(23)21-12-19(22(2)3)9-5-4-6-10-19;/h7-8,11H,4-6,9-10,12H2,1-3H3,(H,21,23);1H. The van der Waals surface area contributed by atoms with Crippen molar-refractivity contribution in [2.45, 2.75) is 44.6 Å². The number of nitrogens with one attached hydrogen (secondary N) is 1. The number of benzene rings is 1. The van der Waals surface area contributed by atoms with Gasteiger partial charge in [0, 0.05) is 22.2 Å². The van der Waals surface area contributed by atoms with E-state index in [2.05, 4.69) is 37.3 Å². The van der Waals surface area contributed by atoms with Crippen molar-refractivity contribution < 1.29 is 4.79 Å². The topological polar surface area (TPSA) is 32.3 Å². The molecule has 1 aliphatic rings. The number of fused-ring (bicyclic) bond motifs is 1. The zero-order chi connectivity index (χ0) is 17.3. The van der Waals surface area contributed by atoms with Gasteiger partial charge in [-0.3, -0.25) is 4.79 Å². The lowest BCUT2D eigenvalue weighted by Crippen LogP contribution is -2.53. The lowest BCUT2D eigenvalue weighted by Gasteiger charge is -2.43. The Bertz CT molecular complexity index is 751. The summed E-state index contributed by atoms with van der Waals surface area (Å²) >= 11 is 7.94. The van der Waals surface area contributed by atoms with Crippen LogP contribution in [-0.4, -0.2) is 37.0 Å². The predicted octanol–water partition coefficient (Wildman–Crippen LogP) is 5.28. The number of carbonyl (C=O) groups is 1. The zero-order valence-electron chi connectivity index (χ0n) is 15.0. The molecule has 1 aliphatic carbocycles. The first kappa shape index (κ1) is 20.5. The summed E-state index contributed by atoms with van der Waals surface area (Å²) in [7, 11) is 4.24. The zero-order valence-corrected chi connectivity index (χ0v) is 17.4. The molecule has 1 aromatic carbocycles. The van der Waals surface area contributed by atoms with Gasteiger partial charge in [-0.2, -0.15) is 0 Å². The lowest BCUT2D eigenvalue weighted by atomic mass is 9.80. The van der Waals surface area contributed by atoms with Crippen LogP contribution in [0.5, 0.6) is 0 Å². The van der Waals surface area contributed by atoms with Crippen LogP contribution in [0.2, 0.25) is 5.02 Å². The lowest BCUT2D eigenvalue weighted by molar-refractivity contribution is 0.0802. The maximum absolute atomic E-state index is 12.7. The van der Waals surface area contributed by atoms with Gasteiger partial charge in [-0.25, -0.2) is 0 Å². The number of nitrogens with zero attached hydrogens (tertiary/aromatic N) is 1. The maximum atomic E-state index is 12.7. The van der Waals surface area contributed by atoms with Crippen molar-refractivity contribution in [2.75, 3.05) is 20.6 Å². The molecule has 6 heteroatoms. The number of halogens is 2. The van der Waals surface area contributed by atoms with Gasteiger partial charge < -0.3 is 10.2 Å². The monoisotopic (exact) mass is 400 g/mol. The van der Waals surface area contributed by atoms with Gasteiger partial charge in [-0.1, -0.05) is 43.0 Å². The molecule has 0 spiro atoms. The third-order valence-electron chi connectivity index (χ3n) is 5.30. The van der Waals surface area contributed by atoms with Crippen LogP contribution in [0, 0.1) is 6.92 Å². The molecule has 3 rings (SSSR count). The second kappa shape index (κ2) is 8.26. The van der Waals surface area contributed by atoms with Crippen molar-refractivity contribution in [3.8, 4) is 0 Å². The summed E-state index contributed by atoms with van der Waals surface area (Å²) in [5, 5.41) is 4.70. The van der Waals surface area contributed by atoms with E-state index >= 15 is 0 Å². The van der Waals surface area contributed by atoms with Crippen molar-refractivity contribution in [1.29, 1.82) is 0 Å². The van der Waals surface area contributed by atoms with Gasteiger partial charge in [0.2, 0.25) is 0 Å². The first-order valence-corrected chi connectivity index (χ1v) is 9.77. The van der Waals surface area contributed by atoms with E-state index in [0.717, 1.165) is 22.9 Å². The Balaban J connectivity index is 0.00000225. The van der Waals surface area contributed by atoms with E-state index in [9.17, 15) is 4.79 Å². The molecule has 3 nitrogen and oxygen atoms in total. The molecule has 1 fully saturated rings. The fraction of sp³-hybridized carbons (Fsp3) is 0.526. The molecular formula is C19H26Cl2N2OS. The van der Waals surface area contributed by atoms with Crippen LogP contribution in [0.3, 0.4) is 0 Å². The largest absolute Gasteiger partial charge is 0.349 e. The molecule has 25 heavy (non-hydrogen) atoms. The Labute approximate surface area is 165 Å². The average Bonchev–Trinajstić information content (AvgIpc) is 2.89. The van der Waals surface area contributed by atoms with E-state index in [1.54, 1.807) is 0 Å². The minimum absolute atomic E-state index is 0. The Morgan fingerprint density at radius 2 is 1.96 bits per heavy atom. The van der Waals surface area contributed by atoms with E-state index in [1.807, 2.05) is 12.1 Å². The highest BCUT2D eigenvalue weighted by molar-refractivity contribution is 7.21. The Hall–Kier alpha value is -0.810. The number of hydrogen-bond donors (Lipinski definition) is 1. The highest BCUT2D eigenvalue weighted by Crippen LogP contribution is 2.36. The van der Waals surface area contributed by atoms with Crippen LogP contribution >= 0.6 is 35.3 Å². The molecule has 0 atom stereocenters. The molecule has 138 valence electrons. The van der Waals surface area contributed by atoms with Gasteiger partial charge in [-0.05, 0) is 45.5 Å². The highest BCUT2D eigenvalue weighted by Gasteiger charge is 2.34. The summed E-state index contributed by atoms with van der Waals surface area (Å²) in [6, 6.07) is 6.12. The maximum Gasteiger partial charge on any atom is 0.262 e. The number of rotatable bonds is 4. The van der Waals surface area contributed by atoms with Crippen LogP contribution < -0.4 is 5.32 Å². The summed E-state index contributed by atoms with van der Waals surface area (Å²) in [5.74, 6) is -0.0503. The smallest absolute Gasteiger partial charge is 0.262 e. The SMILES string of the molecule is Cc1ccc2c(Cl)c(C(=O)NCC3(N(C)C)CCCCC3)sc2c1.Cl. The highest BCUT2D eigenvalue weighted by atomic mass is 35.5. The van der Waals surface area contributed by atoms with Crippen molar-refractivity contribution in [3.63, 3.8) is 0 Å². The first-order chi connectivity index (χ1) is 11.4. The van der Waals surface area contributed by atoms with E-state index in [1.165, 1.54) is 36.2 Å². The number of carbonyl (C=O) groups excluding carboxylic acids is 1. The normalized spacial score (nSPS) is 16.7. The van der Waals surface area contributed by atoms with Crippen LogP contribution in [-0.2, 0) is 0 Å². The van der Waals surface area contributed by atoms with Crippen molar-refractivity contribution in [3.05, 3.63) is 33.7 Å². The number of likely N-dealkylation sites (N-methyl/N-ethyl adjacent to an activating group) is 1. The van der Waals surface area contributed by atoms with Crippen LogP contribution in [0.15, 0.2) is 18.2 Å². The predicted molar refractivity (Wildman–Crippen MR) is 111 cm³/mol. The average molecular weight is 401 g/mol. The molecule has 0 bridgehead atoms. The molecule has 1 aromatic heterocycles. The van der Waals surface area contributed by atoms with Crippen LogP contribution in [0.25, 0.3) is 10.1 Å². The van der Waals surface area contributed by atoms with Crippen molar-refractivity contribution >= 4 is 51.3 Å². The fourth-order valence-electron chi connectivity index (χ4n) is 3.64. The first-order valence-electron chi connectivity index (χ1n) is 8.57. The third kappa shape index (κ3) is 4.13. The third-order valence-corrected chi connectivity index (χ3v) is 6.96. The van der Waals surface area contributed by atoms with E-state index in [4.69, 9.17) is 11.6 Å². The summed E-state index contributed by atoms with van der Waals surface area (Å²) in [5.41, 5.74) is 1.26. The van der Waals surface area contributed by atoms with Gasteiger partial charge in [0.15, 0.2) is 0 Å². The van der Waals surface area contributed by atoms with E-state index < -0.39 is 0 Å². The van der Waals surface area contributed by atoms with Crippen LogP contribution in [0.4, 0.5) is 0 Å². The summed E-state index contributed by atoms with van der Waals surface area (Å²) in [6.45, 7) is 2.74. The van der Waals surface area contributed by atoms with Crippen molar-refractivity contribution in [2.24, 2.45) is 0 Å². The van der Waals surface area contributed by atoms with E-state index in [0.29, 0.717) is 16.4 Å². The van der Waals surface area contributed by atoms with Crippen LogP contribution in [0.1, 0.15) is 47.3 Å². The number of amides is 1. The molecular weight excluding hydrogens is 375 g/mol. The van der Waals surface area contributed by atoms with Gasteiger partial charge in [0.25, 0.3) is 5.91 Å². The Morgan fingerprint density at radius 3 is 2.60 bits per heavy atom. The molecule has 2 aromatic rings. The summed E-state index contributed by atoms with van der Waals surface area (Å²) < 4.78 is 1.07. The Kier molecular flexibility index (Phi) is 6.77. The second-order valence-electron chi connectivity index (χ2n) is 7.11. The van der Waals surface area contributed by atoms with Gasteiger partial charge in [0.1, 0.15) is 4.88 Å². The summed E-state index contributed by atoms with van der Waals surface area (Å²) in [4.78, 5) is 15.6. The molecule has 1 N–H and O–H groups in total. The minimum Gasteiger partial charge on any atom is -0.349 e. The quantitative estimate of drug-likeness (QED) is 0.756. The fourth-order valence-corrected chi connectivity index (χ4v) is 5.17. The summed E-state index contributed by atoms with van der Waals surface area (Å²) in [6.07, 6.45) is 6.04. The van der Waals surface area contributed by atoms with Gasteiger partial charge in [-0.15, -0.1) is 23.7 Å². The second-order valence-corrected chi connectivity index (χ2v) is 8.54. The molecule has 0 unspecified atom stereocenters. The number of thiophene rings is 1. The van der Waals surface area contributed by atoms with Gasteiger partial charge in [0.05, 0.1) is 5.02 Å². The van der Waals surface area contributed by atoms with E-state index in [-0.39, 0.29) is 23.9 Å². The molecule has 0 aliphatic heterocycles. The molecule has 0 saturated heterocycles. The number of hydrogen-bond acceptors (Lipinski definition) is 3. The molecule has 0 radical (unpaired) electrons. The van der Waals surface area contributed by atoms with Gasteiger partial charge >= 0.3 is 0 Å².